The van der Waals surface area contributed by atoms with E-state index in [1.54, 1.807) is 7.11 Å². The molecule has 0 radical (unpaired) electrons. The highest BCUT2D eigenvalue weighted by molar-refractivity contribution is 14.1. The van der Waals surface area contributed by atoms with E-state index in [4.69, 9.17) is 9.47 Å². The van der Waals surface area contributed by atoms with Gasteiger partial charge >= 0.3 is 0 Å². The van der Waals surface area contributed by atoms with Crippen molar-refractivity contribution in [1.82, 2.24) is 0 Å². The van der Waals surface area contributed by atoms with Gasteiger partial charge in [0, 0.05) is 5.92 Å². The van der Waals surface area contributed by atoms with Crippen LogP contribution < -0.4 is 4.74 Å². The molecule has 0 bridgehead atoms. The quantitative estimate of drug-likeness (QED) is 0.156. The molecule has 1 aromatic rings. The Hall–Kier alpha value is -0.513. The molecule has 0 aliphatic heterocycles. The highest BCUT2D eigenvalue weighted by Crippen LogP contribution is 2.26. The number of benzene rings is 1. The molecule has 4 heteroatoms. The Morgan fingerprint density at radius 3 is 2.22 bits per heavy atom. The lowest BCUT2D eigenvalue weighted by molar-refractivity contribution is -0.0200. The van der Waals surface area contributed by atoms with E-state index in [0.717, 1.165) is 11.7 Å². The average molecular weight is 501 g/mol. The zero-order chi connectivity index (χ0) is 20.4. The summed E-state index contributed by atoms with van der Waals surface area (Å²) in [4.78, 5) is 0. The van der Waals surface area contributed by atoms with E-state index in [2.05, 4.69) is 86.6 Å². The molecule has 1 aromatic carbocycles. The second-order valence-corrected chi connectivity index (χ2v) is 14.6. The number of methoxy groups -OCH3 is 1. The highest BCUT2D eigenvalue weighted by atomic mass is 127. The van der Waals surface area contributed by atoms with Gasteiger partial charge in [-0.25, -0.2) is 0 Å². The summed E-state index contributed by atoms with van der Waals surface area (Å²) >= 11 is 2.47. The van der Waals surface area contributed by atoms with Crippen LogP contribution in [0, 0.1) is 29.2 Å². The highest BCUT2D eigenvalue weighted by Gasteiger charge is 2.25. The van der Waals surface area contributed by atoms with Gasteiger partial charge in [0.05, 0.1) is 19.8 Å². The monoisotopic (exact) mass is 500 g/mol. The van der Waals surface area contributed by atoms with Crippen molar-refractivity contribution in [3.05, 3.63) is 29.8 Å². The summed E-state index contributed by atoms with van der Waals surface area (Å²) in [7, 11) is 0.319. The summed E-state index contributed by atoms with van der Waals surface area (Å²) in [6.45, 7) is 14.4. The van der Waals surface area contributed by atoms with Crippen LogP contribution in [0.15, 0.2) is 24.3 Å². The molecule has 0 heterocycles. The SMILES string of the molecule is COc1ccc(CO[C@@H]([C@@H](C)C#C[Si](C)(C)C)[C@@H](C)C[C@@H](C)CCI)cc1. The van der Waals surface area contributed by atoms with Crippen LogP contribution in [0.1, 0.15) is 39.2 Å². The van der Waals surface area contributed by atoms with Crippen molar-refractivity contribution in [3.63, 3.8) is 0 Å². The predicted molar refractivity (Wildman–Crippen MR) is 128 cm³/mol. The Kier molecular flexibility index (Phi) is 11.0. The molecule has 27 heavy (non-hydrogen) atoms. The number of hydrogen-bond donors (Lipinski definition) is 0. The third-order valence-corrected chi connectivity index (χ3v) is 6.22. The first-order valence-electron chi connectivity index (χ1n) is 9.99. The lowest BCUT2D eigenvalue weighted by Crippen LogP contribution is -2.30. The van der Waals surface area contributed by atoms with Crippen molar-refractivity contribution in [2.24, 2.45) is 17.8 Å². The van der Waals surface area contributed by atoms with E-state index in [-0.39, 0.29) is 12.0 Å². The molecule has 0 unspecified atom stereocenters. The maximum Gasteiger partial charge on any atom is 0.129 e. The molecule has 4 atom stereocenters. The molecular weight excluding hydrogens is 463 g/mol. The van der Waals surface area contributed by atoms with Crippen LogP contribution >= 0.6 is 22.6 Å². The van der Waals surface area contributed by atoms with Crippen molar-refractivity contribution in [1.29, 1.82) is 0 Å². The van der Waals surface area contributed by atoms with Crippen LogP contribution in [-0.4, -0.2) is 25.7 Å². The van der Waals surface area contributed by atoms with E-state index >= 15 is 0 Å². The van der Waals surface area contributed by atoms with Gasteiger partial charge in [-0.15, -0.1) is 11.5 Å². The second-order valence-electron chi connectivity index (χ2n) is 8.73. The van der Waals surface area contributed by atoms with Gasteiger partial charge in [-0.05, 0) is 53.7 Å². The Morgan fingerprint density at radius 2 is 1.70 bits per heavy atom. The minimum absolute atomic E-state index is 0.160. The van der Waals surface area contributed by atoms with Crippen molar-refractivity contribution in [3.8, 4) is 17.2 Å². The molecule has 0 saturated carbocycles. The molecule has 0 spiro atoms. The molecule has 0 N–H and O–H groups in total. The third kappa shape index (κ3) is 10.0. The minimum atomic E-state index is -1.37. The molecule has 0 aromatic heterocycles. The van der Waals surface area contributed by atoms with Crippen molar-refractivity contribution in [2.75, 3.05) is 11.5 Å². The normalized spacial score (nSPS) is 16.0. The summed E-state index contributed by atoms with van der Waals surface area (Å²) < 4.78 is 12.9. The zero-order valence-corrected chi connectivity index (χ0v) is 21.3. The van der Waals surface area contributed by atoms with Crippen molar-refractivity contribution in [2.45, 2.75) is 66.0 Å². The molecule has 2 nitrogen and oxygen atoms in total. The Labute approximate surface area is 182 Å². The van der Waals surface area contributed by atoms with Crippen molar-refractivity contribution < 1.29 is 9.47 Å². The molecule has 1 rings (SSSR count). The number of hydrogen-bond acceptors (Lipinski definition) is 2. The smallest absolute Gasteiger partial charge is 0.129 e. The van der Waals surface area contributed by atoms with Gasteiger partial charge in [0.1, 0.15) is 13.8 Å². The summed E-state index contributed by atoms with van der Waals surface area (Å²) in [5.41, 5.74) is 4.72. The predicted octanol–water partition coefficient (Wildman–Crippen LogP) is 6.58. The number of alkyl halides is 1. The third-order valence-electron chi connectivity index (χ3n) is 4.71. The first-order chi connectivity index (χ1) is 12.7. The molecule has 0 aliphatic rings. The number of ether oxygens (including phenoxy) is 2. The fourth-order valence-corrected chi connectivity index (χ4v) is 4.92. The van der Waals surface area contributed by atoms with Gasteiger partial charge in [-0.1, -0.05) is 68.2 Å². The largest absolute Gasteiger partial charge is 0.497 e. The van der Waals surface area contributed by atoms with E-state index in [1.807, 2.05) is 12.1 Å². The number of halogens is 1. The van der Waals surface area contributed by atoms with Crippen LogP contribution in [0.5, 0.6) is 5.75 Å². The number of rotatable bonds is 10. The van der Waals surface area contributed by atoms with Gasteiger partial charge in [-0.2, -0.15) is 0 Å². The van der Waals surface area contributed by atoms with Gasteiger partial charge in [0.15, 0.2) is 0 Å². The van der Waals surface area contributed by atoms with Crippen LogP contribution in [-0.2, 0) is 11.3 Å². The first kappa shape index (κ1) is 24.5. The lowest BCUT2D eigenvalue weighted by atomic mass is 9.86. The molecule has 0 fully saturated rings. The van der Waals surface area contributed by atoms with E-state index in [1.165, 1.54) is 22.8 Å². The van der Waals surface area contributed by atoms with Gasteiger partial charge in [-0.3, -0.25) is 0 Å². The molecular formula is C23H37IO2Si. The van der Waals surface area contributed by atoms with Crippen LogP contribution in [0.25, 0.3) is 0 Å². The summed E-state index contributed by atoms with van der Waals surface area (Å²) in [6, 6.07) is 8.15. The Bertz CT molecular complexity index is 598. The Morgan fingerprint density at radius 1 is 1.07 bits per heavy atom. The van der Waals surface area contributed by atoms with Crippen LogP contribution in [0.4, 0.5) is 0 Å². The van der Waals surface area contributed by atoms with E-state index in [9.17, 15) is 0 Å². The Balaban J connectivity index is 2.85. The van der Waals surface area contributed by atoms with E-state index in [0.29, 0.717) is 12.5 Å². The molecule has 0 saturated heterocycles. The van der Waals surface area contributed by atoms with E-state index < -0.39 is 8.07 Å². The van der Waals surface area contributed by atoms with Crippen molar-refractivity contribution >= 4 is 30.7 Å². The summed E-state index contributed by atoms with van der Waals surface area (Å²) in [5, 5.41) is 0. The minimum Gasteiger partial charge on any atom is -0.497 e. The second kappa shape index (κ2) is 12.1. The van der Waals surface area contributed by atoms with Gasteiger partial charge in [0.2, 0.25) is 0 Å². The first-order valence-corrected chi connectivity index (χ1v) is 15.0. The molecule has 0 amide bonds. The van der Waals surface area contributed by atoms with Crippen LogP contribution in [0.2, 0.25) is 19.6 Å². The summed E-state index contributed by atoms with van der Waals surface area (Å²) in [5.74, 6) is 5.87. The van der Waals surface area contributed by atoms with Crippen LogP contribution in [0.3, 0.4) is 0 Å². The van der Waals surface area contributed by atoms with Gasteiger partial charge < -0.3 is 9.47 Å². The standard InChI is InChI=1S/C23H37IO2Si/c1-18(12-14-24)16-20(3)23(19(2)13-15-27(5,6)7)26-17-21-8-10-22(25-4)11-9-21/h8-11,18-20,23H,12,14,16-17H2,1-7H3/t18-,19-,20-,23-/m0/s1. The van der Waals surface area contributed by atoms with Gasteiger partial charge in [0.25, 0.3) is 0 Å². The zero-order valence-electron chi connectivity index (χ0n) is 18.1. The maximum absolute atomic E-state index is 6.44. The lowest BCUT2D eigenvalue weighted by Gasteiger charge is -2.29. The average Bonchev–Trinajstić information content (AvgIpc) is 2.60. The fraction of sp³-hybridized carbons (Fsp3) is 0.652. The maximum atomic E-state index is 6.44. The molecule has 0 aliphatic carbocycles. The summed E-state index contributed by atoms with van der Waals surface area (Å²) in [6.07, 6.45) is 2.62. The fourth-order valence-electron chi connectivity index (χ4n) is 3.20. The topological polar surface area (TPSA) is 18.5 Å². The molecule has 152 valence electrons.